The predicted octanol–water partition coefficient (Wildman–Crippen LogP) is 2.13. The van der Waals surface area contributed by atoms with Crippen molar-refractivity contribution >= 4 is 0 Å². The quantitative estimate of drug-likeness (QED) is 0.781. The van der Waals surface area contributed by atoms with Crippen molar-refractivity contribution in [3.05, 3.63) is 23.8 Å². The molecule has 0 saturated heterocycles. The van der Waals surface area contributed by atoms with Crippen molar-refractivity contribution in [1.82, 2.24) is 5.32 Å². The first-order valence-electron chi connectivity index (χ1n) is 6.24. The Morgan fingerprint density at radius 3 is 2.56 bits per heavy atom. The van der Waals surface area contributed by atoms with Gasteiger partial charge in [0.1, 0.15) is 0 Å². The van der Waals surface area contributed by atoms with E-state index in [4.69, 9.17) is 9.47 Å². The van der Waals surface area contributed by atoms with Crippen LogP contribution in [0.4, 0.5) is 0 Å². The second kappa shape index (κ2) is 7.24. The average Bonchev–Trinajstić information content (AvgIpc) is 2.37. The van der Waals surface area contributed by atoms with Crippen LogP contribution < -0.4 is 14.8 Å². The number of aliphatic hydroxyl groups is 1. The van der Waals surface area contributed by atoms with Crippen molar-refractivity contribution in [2.45, 2.75) is 32.4 Å². The molecule has 0 saturated carbocycles. The molecule has 0 bridgehead atoms. The van der Waals surface area contributed by atoms with Gasteiger partial charge in [0.2, 0.25) is 0 Å². The van der Waals surface area contributed by atoms with Crippen LogP contribution >= 0.6 is 0 Å². The van der Waals surface area contributed by atoms with E-state index in [1.54, 1.807) is 14.0 Å². The molecule has 4 nitrogen and oxygen atoms in total. The standard InChI is InChI=1S/C14H23NO3/c1-10(16)7-8-18-13-6-5-12(11(2)15-3)9-14(13)17-4/h5-6,9-11,15-16H,7-8H2,1-4H3. The zero-order chi connectivity index (χ0) is 13.5. The fraction of sp³-hybridized carbons (Fsp3) is 0.571. The molecular weight excluding hydrogens is 230 g/mol. The summed E-state index contributed by atoms with van der Waals surface area (Å²) < 4.78 is 10.9. The molecule has 4 heteroatoms. The van der Waals surface area contributed by atoms with Crippen LogP contribution in [0.5, 0.6) is 11.5 Å². The van der Waals surface area contributed by atoms with Crippen LogP contribution in [0.3, 0.4) is 0 Å². The highest BCUT2D eigenvalue weighted by atomic mass is 16.5. The lowest BCUT2D eigenvalue weighted by Crippen LogP contribution is -2.12. The van der Waals surface area contributed by atoms with Gasteiger partial charge in [-0.1, -0.05) is 6.07 Å². The second-order valence-electron chi connectivity index (χ2n) is 4.41. The molecule has 0 aliphatic heterocycles. The fourth-order valence-electron chi connectivity index (χ4n) is 1.58. The normalized spacial score (nSPS) is 14.1. The molecule has 1 aromatic carbocycles. The lowest BCUT2D eigenvalue weighted by Gasteiger charge is -2.15. The number of hydrogen-bond donors (Lipinski definition) is 2. The Labute approximate surface area is 109 Å². The third-order valence-electron chi connectivity index (χ3n) is 2.91. The first kappa shape index (κ1) is 14.8. The van der Waals surface area contributed by atoms with Crippen LogP contribution in [-0.2, 0) is 0 Å². The number of rotatable bonds is 7. The van der Waals surface area contributed by atoms with Gasteiger partial charge in [-0.3, -0.25) is 0 Å². The van der Waals surface area contributed by atoms with Gasteiger partial charge in [-0.25, -0.2) is 0 Å². The Bertz CT molecular complexity index is 366. The van der Waals surface area contributed by atoms with Gasteiger partial charge in [-0.15, -0.1) is 0 Å². The molecule has 0 spiro atoms. The van der Waals surface area contributed by atoms with Gasteiger partial charge in [0.05, 0.1) is 19.8 Å². The summed E-state index contributed by atoms with van der Waals surface area (Å²) in [6.07, 6.45) is 0.261. The second-order valence-corrected chi connectivity index (χ2v) is 4.41. The molecule has 0 aromatic heterocycles. The Morgan fingerprint density at radius 2 is 2.00 bits per heavy atom. The van der Waals surface area contributed by atoms with E-state index in [1.807, 2.05) is 25.2 Å². The van der Waals surface area contributed by atoms with Gasteiger partial charge in [0, 0.05) is 12.5 Å². The first-order chi connectivity index (χ1) is 8.58. The predicted molar refractivity (Wildman–Crippen MR) is 72.3 cm³/mol. The summed E-state index contributed by atoms with van der Waals surface area (Å²) in [5.41, 5.74) is 1.15. The van der Waals surface area contributed by atoms with E-state index < -0.39 is 0 Å². The number of hydrogen-bond acceptors (Lipinski definition) is 4. The summed E-state index contributed by atoms with van der Waals surface area (Å²) in [4.78, 5) is 0. The third-order valence-corrected chi connectivity index (χ3v) is 2.91. The number of methoxy groups -OCH3 is 1. The fourth-order valence-corrected chi connectivity index (χ4v) is 1.58. The third kappa shape index (κ3) is 4.20. The molecule has 0 fully saturated rings. The molecule has 0 heterocycles. The number of aliphatic hydroxyl groups excluding tert-OH is 1. The smallest absolute Gasteiger partial charge is 0.161 e. The molecule has 1 rings (SSSR count). The van der Waals surface area contributed by atoms with Crippen LogP contribution in [0.1, 0.15) is 31.9 Å². The van der Waals surface area contributed by atoms with Crippen LogP contribution in [-0.4, -0.2) is 32.0 Å². The summed E-state index contributed by atoms with van der Waals surface area (Å²) in [6.45, 7) is 4.32. The topological polar surface area (TPSA) is 50.7 Å². The molecule has 0 aliphatic carbocycles. The maximum Gasteiger partial charge on any atom is 0.161 e. The van der Waals surface area contributed by atoms with Crippen LogP contribution in [0.25, 0.3) is 0 Å². The Hall–Kier alpha value is -1.26. The highest BCUT2D eigenvalue weighted by Gasteiger charge is 2.09. The van der Waals surface area contributed by atoms with Gasteiger partial charge in [-0.2, -0.15) is 0 Å². The molecule has 102 valence electrons. The first-order valence-corrected chi connectivity index (χ1v) is 6.24. The molecule has 2 unspecified atom stereocenters. The molecule has 1 aromatic rings. The van der Waals surface area contributed by atoms with Gasteiger partial charge < -0.3 is 19.9 Å². The van der Waals surface area contributed by atoms with E-state index in [2.05, 4.69) is 12.2 Å². The largest absolute Gasteiger partial charge is 0.493 e. The van der Waals surface area contributed by atoms with Crippen molar-refractivity contribution in [2.24, 2.45) is 0 Å². The lowest BCUT2D eigenvalue weighted by atomic mass is 10.1. The van der Waals surface area contributed by atoms with Gasteiger partial charge in [0.25, 0.3) is 0 Å². The van der Waals surface area contributed by atoms with E-state index in [0.717, 1.165) is 11.3 Å². The summed E-state index contributed by atoms with van der Waals surface area (Å²) in [5, 5.41) is 12.4. The zero-order valence-corrected chi connectivity index (χ0v) is 11.6. The van der Waals surface area contributed by atoms with Crippen molar-refractivity contribution in [1.29, 1.82) is 0 Å². The minimum Gasteiger partial charge on any atom is -0.493 e. The Morgan fingerprint density at radius 1 is 1.28 bits per heavy atom. The van der Waals surface area contributed by atoms with E-state index in [0.29, 0.717) is 18.8 Å². The van der Waals surface area contributed by atoms with Crippen molar-refractivity contribution < 1.29 is 14.6 Å². The molecule has 2 N–H and O–H groups in total. The highest BCUT2D eigenvalue weighted by Crippen LogP contribution is 2.30. The molecule has 0 radical (unpaired) electrons. The Kier molecular flexibility index (Phi) is 5.95. The van der Waals surface area contributed by atoms with Gasteiger partial charge in [-0.05, 0) is 38.6 Å². The summed E-state index contributed by atoms with van der Waals surface area (Å²) in [7, 11) is 3.55. The lowest BCUT2D eigenvalue weighted by molar-refractivity contribution is 0.154. The average molecular weight is 253 g/mol. The molecule has 0 aliphatic rings. The van der Waals surface area contributed by atoms with E-state index in [1.165, 1.54) is 0 Å². The maximum absolute atomic E-state index is 9.19. The molecule has 0 amide bonds. The molecular formula is C14H23NO3. The van der Waals surface area contributed by atoms with Crippen molar-refractivity contribution in [3.8, 4) is 11.5 Å². The monoisotopic (exact) mass is 253 g/mol. The van der Waals surface area contributed by atoms with Crippen molar-refractivity contribution in [3.63, 3.8) is 0 Å². The van der Waals surface area contributed by atoms with Crippen LogP contribution in [0, 0.1) is 0 Å². The van der Waals surface area contributed by atoms with Gasteiger partial charge in [0.15, 0.2) is 11.5 Å². The number of ether oxygens (including phenoxy) is 2. The van der Waals surface area contributed by atoms with Gasteiger partial charge >= 0.3 is 0 Å². The van der Waals surface area contributed by atoms with E-state index in [-0.39, 0.29) is 12.1 Å². The highest BCUT2D eigenvalue weighted by molar-refractivity contribution is 5.43. The van der Waals surface area contributed by atoms with Crippen LogP contribution in [0.15, 0.2) is 18.2 Å². The van der Waals surface area contributed by atoms with Crippen LogP contribution in [0.2, 0.25) is 0 Å². The van der Waals surface area contributed by atoms with Crippen molar-refractivity contribution in [2.75, 3.05) is 20.8 Å². The van der Waals surface area contributed by atoms with E-state index >= 15 is 0 Å². The Balaban J connectivity index is 2.74. The summed E-state index contributed by atoms with van der Waals surface area (Å²) in [5.74, 6) is 1.44. The molecule has 2 atom stereocenters. The zero-order valence-electron chi connectivity index (χ0n) is 11.6. The maximum atomic E-state index is 9.19. The molecule has 18 heavy (non-hydrogen) atoms. The minimum atomic E-state index is -0.348. The number of benzene rings is 1. The van der Waals surface area contributed by atoms with E-state index in [9.17, 15) is 5.11 Å². The summed E-state index contributed by atoms with van der Waals surface area (Å²) >= 11 is 0. The minimum absolute atomic E-state index is 0.269. The number of nitrogens with one attached hydrogen (secondary N) is 1. The summed E-state index contributed by atoms with van der Waals surface area (Å²) in [6, 6.07) is 6.16. The SMILES string of the molecule is CNC(C)c1ccc(OCCC(C)O)c(OC)c1.